The van der Waals surface area contributed by atoms with Gasteiger partial charge in [-0.3, -0.25) is 0 Å². The maximum atomic E-state index is 3.36. The average Bonchev–Trinajstić information content (AvgIpc) is 2.36. The van der Waals surface area contributed by atoms with Crippen LogP contribution in [0.15, 0.2) is 23.8 Å². The molecule has 0 bridgehead atoms. The fourth-order valence-electron chi connectivity index (χ4n) is 2.55. The third kappa shape index (κ3) is 3.14. The molecule has 0 spiro atoms. The first-order valence-corrected chi connectivity index (χ1v) is 6.92. The Balaban J connectivity index is 2.16. The average molecular weight is 244 g/mol. The summed E-state index contributed by atoms with van der Waals surface area (Å²) in [7, 11) is 2.18. The minimum absolute atomic E-state index is 0.980. The van der Waals surface area contributed by atoms with E-state index in [1.54, 1.807) is 0 Å². The lowest BCUT2D eigenvalue weighted by Gasteiger charge is -2.27. The normalized spacial score (nSPS) is 15.7. The number of hydrogen-bond acceptors (Lipinski definition) is 2. The van der Waals surface area contributed by atoms with Gasteiger partial charge in [0.1, 0.15) is 0 Å². The van der Waals surface area contributed by atoms with Gasteiger partial charge in [0.25, 0.3) is 0 Å². The summed E-state index contributed by atoms with van der Waals surface area (Å²) in [5.74, 6) is 0. The van der Waals surface area contributed by atoms with Gasteiger partial charge in [0, 0.05) is 25.8 Å². The monoisotopic (exact) mass is 244 g/mol. The van der Waals surface area contributed by atoms with Gasteiger partial charge in [0.05, 0.1) is 0 Å². The zero-order valence-electron chi connectivity index (χ0n) is 11.8. The van der Waals surface area contributed by atoms with Crippen LogP contribution in [0.4, 0.5) is 5.69 Å². The van der Waals surface area contributed by atoms with Gasteiger partial charge in [-0.2, -0.15) is 0 Å². The molecule has 0 unspecified atom stereocenters. The highest BCUT2D eigenvalue weighted by Gasteiger charge is 2.12. The Morgan fingerprint density at radius 3 is 3.06 bits per heavy atom. The number of rotatable bonds is 4. The summed E-state index contributed by atoms with van der Waals surface area (Å²) in [4.78, 5) is 2.36. The van der Waals surface area contributed by atoms with E-state index in [1.807, 2.05) is 0 Å². The summed E-state index contributed by atoms with van der Waals surface area (Å²) >= 11 is 0. The van der Waals surface area contributed by atoms with E-state index in [-0.39, 0.29) is 0 Å². The number of hydrogen-bond donors (Lipinski definition) is 1. The Labute approximate surface area is 111 Å². The standard InChI is InChI=1S/C16H24N2/c1-4-17-12-13(2)10-14-7-8-16-15(11-14)6-5-9-18(16)3/h7-8,10-11,17H,4-6,9,12H2,1-3H3. The van der Waals surface area contributed by atoms with Gasteiger partial charge in [0.2, 0.25) is 0 Å². The zero-order valence-corrected chi connectivity index (χ0v) is 11.8. The van der Waals surface area contributed by atoms with E-state index < -0.39 is 0 Å². The van der Waals surface area contributed by atoms with Gasteiger partial charge in [-0.1, -0.05) is 24.6 Å². The van der Waals surface area contributed by atoms with Crippen LogP contribution in [0.1, 0.15) is 31.4 Å². The molecule has 1 aliphatic heterocycles. The first-order valence-electron chi connectivity index (χ1n) is 6.92. The summed E-state index contributed by atoms with van der Waals surface area (Å²) in [6.07, 6.45) is 4.78. The first-order chi connectivity index (χ1) is 8.70. The summed E-state index contributed by atoms with van der Waals surface area (Å²) in [6, 6.07) is 6.84. The Morgan fingerprint density at radius 1 is 1.44 bits per heavy atom. The van der Waals surface area contributed by atoms with Gasteiger partial charge in [0.15, 0.2) is 0 Å². The van der Waals surface area contributed by atoms with E-state index in [1.165, 1.54) is 41.8 Å². The molecule has 0 saturated carbocycles. The second-order valence-corrected chi connectivity index (χ2v) is 5.18. The lowest BCUT2D eigenvalue weighted by Crippen LogP contribution is -2.24. The Kier molecular flexibility index (Phi) is 4.43. The van der Waals surface area contributed by atoms with Crippen molar-refractivity contribution in [1.29, 1.82) is 0 Å². The molecule has 0 saturated heterocycles. The minimum atomic E-state index is 0.980. The van der Waals surface area contributed by atoms with Crippen LogP contribution in [0.3, 0.4) is 0 Å². The quantitative estimate of drug-likeness (QED) is 0.875. The molecular formula is C16H24N2. The van der Waals surface area contributed by atoms with Crippen LogP contribution in [0.2, 0.25) is 0 Å². The van der Waals surface area contributed by atoms with Crippen LogP contribution in [-0.2, 0) is 6.42 Å². The SMILES string of the molecule is CCNCC(C)=Cc1ccc2c(c1)CCCN2C. The zero-order chi connectivity index (χ0) is 13.0. The van der Waals surface area contributed by atoms with Crippen molar-refractivity contribution in [2.75, 3.05) is 31.6 Å². The minimum Gasteiger partial charge on any atom is -0.374 e. The Hall–Kier alpha value is -1.28. The largest absolute Gasteiger partial charge is 0.374 e. The number of nitrogens with zero attached hydrogens (tertiary/aromatic N) is 1. The second-order valence-electron chi connectivity index (χ2n) is 5.18. The Morgan fingerprint density at radius 2 is 2.28 bits per heavy atom. The van der Waals surface area contributed by atoms with E-state index in [9.17, 15) is 0 Å². The Bertz CT molecular complexity index is 435. The summed E-state index contributed by atoms with van der Waals surface area (Å²) in [6.45, 7) is 7.52. The molecule has 1 heterocycles. The molecule has 98 valence electrons. The van der Waals surface area contributed by atoms with Crippen molar-refractivity contribution in [3.05, 3.63) is 34.9 Å². The van der Waals surface area contributed by atoms with Crippen LogP contribution in [-0.4, -0.2) is 26.7 Å². The molecule has 1 aliphatic rings. The van der Waals surface area contributed by atoms with Crippen molar-refractivity contribution in [2.45, 2.75) is 26.7 Å². The van der Waals surface area contributed by atoms with Crippen molar-refractivity contribution in [3.8, 4) is 0 Å². The molecule has 0 radical (unpaired) electrons. The topological polar surface area (TPSA) is 15.3 Å². The second kappa shape index (κ2) is 6.05. The van der Waals surface area contributed by atoms with Crippen molar-refractivity contribution in [2.24, 2.45) is 0 Å². The number of nitrogens with one attached hydrogen (secondary N) is 1. The lowest BCUT2D eigenvalue weighted by molar-refractivity contribution is 0.744. The van der Waals surface area contributed by atoms with E-state index in [2.05, 4.69) is 55.4 Å². The molecule has 1 N–H and O–H groups in total. The molecule has 0 fully saturated rings. The molecule has 0 atom stereocenters. The highest BCUT2D eigenvalue weighted by atomic mass is 15.1. The molecule has 0 aromatic heterocycles. The summed E-state index contributed by atoms with van der Waals surface area (Å²) in [5.41, 5.74) is 5.62. The van der Waals surface area contributed by atoms with Gasteiger partial charge in [-0.25, -0.2) is 0 Å². The van der Waals surface area contributed by atoms with Crippen LogP contribution < -0.4 is 10.2 Å². The van der Waals surface area contributed by atoms with Crippen LogP contribution in [0.5, 0.6) is 0 Å². The highest BCUT2D eigenvalue weighted by Crippen LogP contribution is 2.27. The molecule has 1 aromatic carbocycles. The van der Waals surface area contributed by atoms with Crippen LogP contribution in [0.25, 0.3) is 6.08 Å². The van der Waals surface area contributed by atoms with Crippen LogP contribution in [0, 0.1) is 0 Å². The molecule has 18 heavy (non-hydrogen) atoms. The van der Waals surface area contributed by atoms with Gasteiger partial charge in [-0.05, 0) is 49.6 Å². The number of benzene rings is 1. The molecule has 2 nitrogen and oxygen atoms in total. The van der Waals surface area contributed by atoms with Crippen molar-refractivity contribution < 1.29 is 0 Å². The molecule has 2 heteroatoms. The summed E-state index contributed by atoms with van der Waals surface area (Å²) in [5, 5.41) is 3.36. The number of fused-ring (bicyclic) bond motifs is 1. The van der Waals surface area contributed by atoms with E-state index in [4.69, 9.17) is 0 Å². The third-order valence-electron chi connectivity index (χ3n) is 3.52. The number of aryl methyl sites for hydroxylation is 1. The summed E-state index contributed by atoms with van der Waals surface area (Å²) < 4.78 is 0. The smallest absolute Gasteiger partial charge is 0.0396 e. The van der Waals surface area contributed by atoms with Gasteiger partial charge in [-0.15, -0.1) is 0 Å². The third-order valence-corrected chi connectivity index (χ3v) is 3.52. The molecular weight excluding hydrogens is 220 g/mol. The number of anilines is 1. The molecule has 1 aromatic rings. The predicted molar refractivity (Wildman–Crippen MR) is 80.2 cm³/mol. The van der Waals surface area contributed by atoms with Crippen molar-refractivity contribution in [1.82, 2.24) is 5.32 Å². The van der Waals surface area contributed by atoms with Crippen LogP contribution >= 0.6 is 0 Å². The van der Waals surface area contributed by atoms with E-state index in [0.29, 0.717) is 0 Å². The van der Waals surface area contributed by atoms with Crippen molar-refractivity contribution >= 4 is 11.8 Å². The number of likely N-dealkylation sites (N-methyl/N-ethyl adjacent to an activating group) is 1. The lowest BCUT2D eigenvalue weighted by atomic mass is 9.99. The van der Waals surface area contributed by atoms with Crippen molar-refractivity contribution in [3.63, 3.8) is 0 Å². The molecule has 2 rings (SSSR count). The first kappa shape index (κ1) is 13.2. The van der Waals surface area contributed by atoms with Gasteiger partial charge >= 0.3 is 0 Å². The molecule has 0 amide bonds. The fraction of sp³-hybridized carbons (Fsp3) is 0.500. The predicted octanol–water partition coefficient (Wildman–Crippen LogP) is 3.08. The maximum absolute atomic E-state index is 3.36. The van der Waals surface area contributed by atoms with Gasteiger partial charge < -0.3 is 10.2 Å². The highest BCUT2D eigenvalue weighted by molar-refractivity contribution is 5.62. The fourth-order valence-corrected chi connectivity index (χ4v) is 2.55. The van der Waals surface area contributed by atoms with E-state index in [0.717, 1.165) is 13.1 Å². The molecule has 0 aliphatic carbocycles. The van der Waals surface area contributed by atoms with E-state index >= 15 is 0 Å². The maximum Gasteiger partial charge on any atom is 0.0396 e.